The molecule has 0 aliphatic rings. The van der Waals surface area contributed by atoms with Crippen LogP contribution in [0.5, 0.6) is 5.75 Å². The van der Waals surface area contributed by atoms with Crippen molar-refractivity contribution in [3.63, 3.8) is 0 Å². The van der Waals surface area contributed by atoms with Crippen molar-refractivity contribution in [1.82, 2.24) is 5.43 Å². The van der Waals surface area contributed by atoms with Gasteiger partial charge in [-0.2, -0.15) is 5.10 Å². The number of aromatic hydroxyl groups is 1. The highest BCUT2D eigenvalue weighted by Gasteiger charge is 2.04. The van der Waals surface area contributed by atoms with Gasteiger partial charge in [0.15, 0.2) is 0 Å². The van der Waals surface area contributed by atoms with Crippen LogP contribution in [0.3, 0.4) is 0 Å². The van der Waals surface area contributed by atoms with E-state index in [9.17, 15) is 14.3 Å². The lowest BCUT2D eigenvalue weighted by molar-refractivity contribution is 0.0954. The molecule has 1 amide bonds. The van der Waals surface area contributed by atoms with Gasteiger partial charge in [-0.25, -0.2) is 9.82 Å². The van der Waals surface area contributed by atoms with E-state index >= 15 is 0 Å². The Balaban J connectivity index is 2.03. The summed E-state index contributed by atoms with van der Waals surface area (Å²) in [4.78, 5) is 11.6. The molecule has 0 aliphatic carbocycles. The molecule has 0 bridgehead atoms. The smallest absolute Gasteiger partial charge is 0.271 e. The first-order valence-electron chi connectivity index (χ1n) is 5.54. The van der Waals surface area contributed by atoms with E-state index in [1.807, 2.05) is 0 Å². The van der Waals surface area contributed by atoms with Crippen molar-refractivity contribution in [1.29, 1.82) is 0 Å². The second-order valence-electron chi connectivity index (χ2n) is 3.77. The van der Waals surface area contributed by atoms with E-state index in [1.54, 1.807) is 24.3 Å². The van der Waals surface area contributed by atoms with Crippen molar-refractivity contribution in [2.24, 2.45) is 5.10 Å². The summed E-state index contributed by atoms with van der Waals surface area (Å²) in [5.41, 5.74) is 2.80. The van der Waals surface area contributed by atoms with Crippen LogP contribution >= 0.6 is 0 Å². The summed E-state index contributed by atoms with van der Waals surface area (Å²) in [6.07, 6.45) is 1.22. The third-order valence-corrected chi connectivity index (χ3v) is 2.38. The number of nitrogens with one attached hydrogen (secondary N) is 1. The molecule has 0 aliphatic heterocycles. The maximum absolute atomic E-state index is 13.3. The summed E-state index contributed by atoms with van der Waals surface area (Å²) < 4.78 is 13.3. The Kier molecular flexibility index (Phi) is 3.87. The first-order chi connectivity index (χ1) is 9.16. The summed E-state index contributed by atoms with van der Waals surface area (Å²) in [5.74, 6) is -0.910. The zero-order valence-corrected chi connectivity index (χ0v) is 9.88. The molecule has 0 radical (unpaired) electrons. The van der Waals surface area contributed by atoms with Crippen molar-refractivity contribution in [3.8, 4) is 5.75 Å². The van der Waals surface area contributed by atoms with E-state index in [-0.39, 0.29) is 16.9 Å². The third kappa shape index (κ3) is 3.38. The van der Waals surface area contributed by atoms with E-state index in [2.05, 4.69) is 10.5 Å². The first-order valence-corrected chi connectivity index (χ1v) is 5.54. The zero-order chi connectivity index (χ0) is 13.7. The number of benzene rings is 2. The molecule has 2 rings (SSSR count). The monoisotopic (exact) mass is 258 g/mol. The third-order valence-electron chi connectivity index (χ3n) is 2.38. The molecule has 4 nitrogen and oxygen atoms in total. The highest BCUT2D eigenvalue weighted by molar-refractivity contribution is 5.95. The fourth-order valence-corrected chi connectivity index (χ4v) is 1.45. The van der Waals surface area contributed by atoms with Gasteiger partial charge in [-0.15, -0.1) is 0 Å². The standard InChI is InChI=1S/C14H11FN2O2/c15-13-7-2-1-4-11(13)9-16-17-14(19)10-5-3-6-12(18)8-10/h1-9,18H,(H,17,19)/b16-9-. The number of carbonyl (C=O) groups excluding carboxylic acids is 1. The van der Waals surface area contributed by atoms with E-state index in [4.69, 9.17) is 0 Å². The summed E-state index contributed by atoms with van der Waals surface area (Å²) in [7, 11) is 0. The highest BCUT2D eigenvalue weighted by atomic mass is 19.1. The molecule has 5 heteroatoms. The van der Waals surface area contributed by atoms with Crippen LogP contribution in [0.25, 0.3) is 0 Å². The Morgan fingerprint density at radius 3 is 2.74 bits per heavy atom. The minimum Gasteiger partial charge on any atom is -0.508 e. The number of carbonyl (C=O) groups is 1. The second-order valence-corrected chi connectivity index (χ2v) is 3.77. The van der Waals surface area contributed by atoms with Crippen molar-refractivity contribution >= 4 is 12.1 Å². The Hall–Kier alpha value is -2.69. The van der Waals surface area contributed by atoms with E-state index in [1.165, 1.54) is 30.5 Å². The normalized spacial score (nSPS) is 10.6. The Labute approximate surface area is 109 Å². The summed E-state index contributed by atoms with van der Waals surface area (Å²) in [5, 5.41) is 12.9. The van der Waals surface area contributed by atoms with E-state index in [0.29, 0.717) is 0 Å². The lowest BCUT2D eigenvalue weighted by atomic mass is 10.2. The van der Waals surface area contributed by atoms with Crippen molar-refractivity contribution in [2.75, 3.05) is 0 Å². The molecule has 19 heavy (non-hydrogen) atoms. The molecule has 2 aromatic rings. The minimum absolute atomic E-state index is 0.00858. The van der Waals surface area contributed by atoms with Gasteiger partial charge in [0.2, 0.25) is 0 Å². The Bertz CT molecular complexity index is 626. The number of nitrogens with zero attached hydrogens (tertiary/aromatic N) is 1. The first kappa shape index (κ1) is 12.8. The molecule has 96 valence electrons. The van der Waals surface area contributed by atoms with Crippen LogP contribution in [0.15, 0.2) is 53.6 Å². The van der Waals surface area contributed by atoms with Crippen molar-refractivity contribution in [3.05, 3.63) is 65.5 Å². The number of amides is 1. The minimum atomic E-state index is -0.483. The van der Waals surface area contributed by atoms with Gasteiger partial charge in [-0.1, -0.05) is 24.3 Å². The van der Waals surface area contributed by atoms with Gasteiger partial charge >= 0.3 is 0 Å². The Morgan fingerprint density at radius 1 is 1.21 bits per heavy atom. The predicted molar refractivity (Wildman–Crippen MR) is 69.6 cm³/mol. The summed E-state index contributed by atoms with van der Waals surface area (Å²) >= 11 is 0. The van der Waals surface area contributed by atoms with E-state index < -0.39 is 11.7 Å². The van der Waals surface area contributed by atoms with Crippen LogP contribution in [-0.4, -0.2) is 17.2 Å². The molecule has 0 aromatic heterocycles. The summed E-state index contributed by atoms with van der Waals surface area (Å²) in [6, 6.07) is 11.9. The maximum Gasteiger partial charge on any atom is 0.271 e. The maximum atomic E-state index is 13.3. The number of hydrogen-bond acceptors (Lipinski definition) is 3. The van der Waals surface area contributed by atoms with E-state index in [0.717, 1.165) is 0 Å². The molecule has 0 unspecified atom stereocenters. The number of halogens is 1. The fourth-order valence-electron chi connectivity index (χ4n) is 1.45. The zero-order valence-electron chi connectivity index (χ0n) is 9.88. The van der Waals surface area contributed by atoms with Gasteiger partial charge in [0.25, 0.3) is 5.91 Å². The van der Waals surface area contributed by atoms with Crippen LogP contribution in [0.1, 0.15) is 15.9 Å². The molecule has 0 atom stereocenters. The highest BCUT2D eigenvalue weighted by Crippen LogP contribution is 2.10. The molecule has 0 fully saturated rings. The molecule has 2 aromatic carbocycles. The topological polar surface area (TPSA) is 61.7 Å². The number of phenolic OH excluding ortho intramolecular Hbond substituents is 1. The number of phenols is 1. The summed E-state index contributed by atoms with van der Waals surface area (Å²) in [6.45, 7) is 0. The van der Waals surface area contributed by atoms with Gasteiger partial charge in [-0.05, 0) is 24.3 Å². The molecule has 0 saturated carbocycles. The van der Waals surface area contributed by atoms with Gasteiger partial charge in [-0.3, -0.25) is 4.79 Å². The van der Waals surface area contributed by atoms with Gasteiger partial charge < -0.3 is 5.11 Å². The lowest BCUT2D eigenvalue weighted by Crippen LogP contribution is -2.17. The van der Waals surface area contributed by atoms with Gasteiger partial charge in [0, 0.05) is 11.1 Å². The largest absolute Gasteiger partial charge is 0.508 e. The van der Waals surface area contributed by atoms with Crippen LogP contribution in [0.4, 0.5) is 4.39 Å². The number of hydrogen-bond donors (Lipinski definition) is 2. The number of rotatable bonds is 3. The van der Waals surface area contributed by atoms with Crippen LogP contribution < -0.4 is 5.43 Å². The van der Waals surface area contributed by atoms with Crippen LogP contribution in [0, 0.1) is 5.82 Å². The molecule has 0 spiro atoms. The fraction of sp³-hybridized carbons (Fsp3) is 0. The average molecular weight is 258 g/mol. The molecule has 2 N–H and O–H groups in total. The quantitative estimate of drug-likeness (QED) is 0.655. The van der Waals surface area contributed by atoms with Crippen molar-refractivity contribution in [2.45, 2.75) is 0 Å². The SMILES string of the molecule is O=C(N/N=C\c1ccccc1F)c1cccc(O)c1. The van der Waals surface area contributed by atoms with Crippen LogP contribution in [0.2, 0.25) is 0 Å². The molecule has 0 saturated heterocycles. The predicted octanol–water partition coefficient (Wildman–Crippen LogP) is 2.30. The Morgan fingerprint density at radius 2 is 2.00 bits per heavy atom. The second kappa shape index (κ2) is 5.77. The average Bonchev–Trinajstić information content (AvgIpc) is 2.41. The molecular weight excluding hydrogens is 247 g/mol. The molecular formula is C14H11FN2O2. The van der Waals surface area contributed by atoms with Gasteiger partial charge in [0.05, 0.1) is 6.21 Å². The number of hydrazone groups is 1. The lowest BCUT2D eigenvalue weighted by Gasteiger charge is -2.00. The molecule has 0 heterocycles. The van der Waals surface area contributed by atoms with Gasteiger partial charge in [0.1, 0.15) is 11.6 Å². The van der Waals surface area contributed by atoms with Crippen LogP contribution in [-0.2, 0) is 0 Å². The van der Waals surface area contributed by atoms with Crippen molar-refractivity contribution < 1.29 is 14.3 Å².